The van der Waals surface area contributed by atoms with Crippen LogP contribution >= 0.6 is 11.3 Å². The lowest BCUT2D eigenvalue weighted by atomic mass is 10.1. The highest BCUT2D eigenvalue weighted by atomic mass is 32.1. The molecule has 116 valence electrons. The molecule has 5 nitrogen and oxygen atoms in total. The molecule has 2 aromatic rings. The van der Waals surface area contributed by atoms with Crippen molar-refractivity contribution in [2.24, 2.45) is 0 Å². The first-order valence-corrected chi connectivity index (χ1v) is 8.45. The maximum absolute atomic E-state index is 9.16. The highest BCUT2D eigenvalue weighted by molar-refractivity contribution is 7.18. The first kappa shape index (κ1) is 16.0. The van der Waals surface area contributed by atoms with Gasteiger partial charge in [-0.1, -0.05) is 13.8 Å². The standard InChI is InChI=1S/C15H24N4OS/c1-4-10(7-8-20)17-13-12-9-11(5-2)21-14(12)19-15(18-13)16-6-3/h9-10,20H,4-8H2,1-3H3,(H2,16,17,18,19). The molecule has 0 saturated heterocycles. The van der Waals surface area contributed by atoms with Crippen LogP contribution in [-0.2, 0) is 6.42 Å². The van der Waals surface area contributed by atoms with E-state index in [1.165, 1.54) is 4.88 Å². The summed E-state index contributed by atoms with van der Waals surface area (Å²) in [6, 6.07) is 2.40. The molecule has 3 N–H and O–H groups in total. The number of fused-ring (bicyclic) bond motifs is 1. The van der Waals surface area contributed by atoms with E-state index in [9.17, 15) is 0 Å². The Morgan fingerprint density at radius 2 is 2.10 bits per heavy atom. The Morgan fingerprint density at radius 3 is 2.71 bits per heavy atom. The molecule has 0 aliphatic heterocycles. The fourth-order valence-electron chi connectivity index (χ4n) is 2.22. The number of rotatable bonds is 8. The summed E-state index contributed by atoms with van der Waals surface area (Å²) in [5, 5.41) is 16.9. The van der Waals surface area contributed by atoms with Crippen molar-refractivity contribution in [2.45, 2.75) is 46.1 Å². The van der Waals surface area contributed by atoms with Crippen LogP contribution in [0.2, 0.25) is 0 Å². The molecule has 0 amide bonds. The van der Waals surface area contributed by atoms with Crippen LogP contribution in [0, 0.1) is 0 Å². The van der Waals surface area contributed by atoms with E-state index >= 15 is 0 Å². The molecule has 0 saturated carbocycles. The Labute approximate surface area is 129 Å². The molecule has 0 spiro atoms. The summed E-state index contributed by atoms with van der Waals surface area (Å²) in [6.45, 7) is 7.28. The van der Waals surface area contributed by atoms with Gasteiger partial charge >= 0.3 is 0 Å². The predicted octanol–water partition coefficient (Wildman–Crippen LogP) is 3.26. The third-order valence-corrected chi connectivity index (χ3v) is 4.61. The van der Waals surface area contributed by atoms with Gasteiger partial charge in [0.1, 0.15) is 10.6 Å². The van der Waals surface area contributed by atoms with E-state index in [2.05, 4.69) is 40.5 Å². The predicted molar refractivity (Wildman–Crippen MR) is 90.4 cm³/mol. The molecule has 6 heteroatoms. The Morgan fingerprint density at radius 1 is 1.29 bits per heavy atom. The molecule has 1 unspecified atom stereocenters. The van der Waals surface area contributed by atoms with Crippen LogP contribution in [0.1, 0.15) is 38.5 Å². The molecule has 1 atom stereocenters. The highest BCUT2D eigenvalue weighted by Gasteiger charge is 2.14. The van der Waals surface area contributed by atoms with Gasteiger partial charge in [0.2, 0.25) is 5.95 Å². The maximum atomic E-state index is 9.16. The molecule has 0 aliphatic rings. The van der Waals surface area contributed by atoms with Gasteiger partial charge in [0.05, 0.1) is 5.39 Å². The van der Waals surface area contributed by atoms with E-state index in [0.29, 0.717) is 5.95 Å². The SMILES string of the molecule is CCNc1nc(NC(CC)CCO)c2cc(CC)sc2n1. The first-order valence-electron chi connectivity index (χ1n) is 7.63. The molecular formula is C15H24N4OS. The van der Waals surface area contributed by atoms with Gasteiger partial charge in [-0.3, -0.25) is 0 Å². The minimum absolute atomic E-state index is 0.184. The summed E-state index contributed by atoms with van der Waals surface area (Å²) < 4.78 is 0. The van der Waals surface area contributed by atoms with Crippen molar-refractivity contribution in [2.75, 3.05) is 23.8 Å². The van der Waals surface area contributed by atoms with Gasteiger partial charge in [-0.2, -0.15) is 4.98 Å². The van der Waals surface area contributed by atoms with Crippen LogP contribution in [-0.4, -0.2) is 34.3 Å². The molecule has 2 aromatic heterocycles. The number of nitrogens with zero attached hydrogens (tertiary/aromatic N) is 2. The number of aromatic nitrogens is 2. The van der Waals surface area contributed by atoms with Crippen molar-refractivity contribution in [3.63, 3.8) is 0 Å². The van der Waals surface area contributed by atoms with Gasteiger partial charge in [-0.05, 0) is 32.3 Å². The average molecular weight is 308 g/mol. The average Bonchev–Trinajstić information content (AvgIpc) is 2.90. The van der Waals surface area contributed by atoms with Crippen molar-refractivity contribution < 1.29 is 5.11 Å². The van der Waals surface area contributed by atoms with Gasteiger partial charge in [0, 0.05) is 24.1 Å². The summed E-state index contributed by atoms with van der Waals surface area (Å²) in [7, 11) is 0. The minimum atomic E-state index is 0.184. The van der Waals surface area contributed by atoms with Crippen LogP contribution in [0.25, 0.3) is 10.2 Å². The van der Waals surface area contributed by atoms with E-state index in [0.717, 1.165) is 41.8 Å². The van der Waals surface area contributed by atoms with Crippen LogP contribution in [0.4, 0.5) is 11.8 Å². The van der Waals surface area contributed by atoms with Gasteiger partial charge in [-0.25, -0.2) is 4.98 Å². The van der Waals surface area contributed by atoms with E-state index in [4.69, 9.17) is 5.11 Å². The van der Waals surface area contributed by atoms with E-state index in [1.807, 2.05) is 6.92 Å². The van der Waals surface area contributed by atoms with Gasteiger partial charge in [0.25, 0.3) is 0 Å². The highest BCUT2D eigenvalue weighted by Crippen LogP contribution is 2.31. The normalized spacial score (nSPS) is 12.6. The minimum Gasteiger partial charge on any atom is -0.396 e. The van der Waals surface area contributed by atoms with E-state index < -0.39 is 0 Å². The van der Waals surface area contributed by atoms with Crippen LogP contribution in [0.5, 0.6) is 0 Å². The first-order chi connectivity index (χ1) is 10.2. The zero-order valence-electron chi connectivity index (χ0n) is 12.9. The molecule has 21 heavy (non-hydrogen) atoms. The summed E-state index contributed by atoms with van der Waals surface area (Å²) >= 11 is 1.72. The number of nitrogens with one attached hydrogen (secondary N) is 2. The van der Waals surface area contributed by atoms with Crippen LogP contribution < -0.4 is 10.6 Å². The molecule has 2 rings (SSSR count). The third-order valence-electron chi connectivity index (χ3n) is 3.44. The van der Waals surface area contributed by atoms with Crippen LogP contribution in [0.3, 0.4) is 0 Å². The van der Waals surface area contributed by atoms with Crippen molar-refractivity contribution in [1.82, 2.24) is 9.97 Å². The quantitative estimate of drug-likeness (QED) is 0.698. The third kappa shape index (κ3) is 3.83. The summed E-state index contributed by atoms with van der Waals surface area (Å²) in [5.74, 6) is 1.53. The fraction of sp³-hybridized carbons (Fsp3) is 0.600. The van der Waals surface area contributed by atoms with E-state index in [1.54, 1.807) is 11.3 Å². The molecule has 0 radical (unpaired) electrons. The fourth-order valence-corrected chi connectivity index (χ4v) is 3.19. The summed E-state index contributed by atoms with van der Waals surface area (Å²) in [6.07, 6.45) is 2.68. The second-order valence-corrected chi connectivity index (χ2v) is 6.09. The largest absolute Gasteiger partial charge is 0.396 e. The molecule has 0 fully saturated rings. The summed E-state index contributed by atoms with van der Waals surface area (Å²) in [5.41, 5.74) is 0. The Bertz CT molecular complexity index is 584. The molecule has 0 aliphatic carbocycles. The van der Waals surface area contributed by atoms with Crippen molar-refractivity contribution in [1.29, 1.82) is 0 Å². The van der Waals surface area contributed by atoms with E-state index in [-0.39, 0.29) is 12.6 Å². The second-order valence-electron chi connectivity index (χ2n) is 4.97. The number of anilines is 2. The molecule has 2 heterocycles. The lowest BCUT2D eigenvalue weighted by Crippen LogP contribution is -2.21. The zero-order chi connectivity index (χ0) is 15.2. The second kappa shape index (κ2) is 7.56. The Hall–Kier alpha value is -1.40. The zero-order valence-corrected chi connectivity index (χ0v) is 13.8. The molecule has 0 aromatic carbocycles. The number of aryl methyl sites for hydroxylation is 1. The number of thiophene rings is 1. The van der Waals surface area contributed by atoms with Crippen molar-refractivity contribution in [3.8, 4) is 0 Å². The number of aliphatic hydroxyl groups excluding tert-OH is 1. The smallest absolute Gasteiger partial charge is 0.226 e. The number of aliphatic hydroxyl groups is 1. The maximum Gasteiger partial charge on any atom is 0.226 e. The number of hydrogen-bond donors (Lipinski definition) is 3. The molecule has 0 bridgehead atoms. The molecular weight excluding hydrogens is 284 g/mol. The topological polar surface area (TPSA) is 70.1 Å². The van der Waals surface area contributed by atoms with Gasteiger partial charge in [0.15, 0.2) is 0 Å². The van der Waals surface area contributed by atoms with Crippen molar-refractivity contribution in [3.05, 3.63) is 10.9 Å². The van der Waals surface area contributed by atoms with Crippen LogP contribution in [0.15, 0.2) is 6.07 Å². The van der Waals surface area contributed by atoms with Gasteiger partial charge < -0.3 is 15.7 Å². The lowest BCUT2D eigenvalue weighted by Gasteiger charge is -2.17. The Kier molecular flexibility index (Phi) is 5.76. The monoisotopic (exact) mass is 308 g/mol. The lowest BCUT2D eigenvalue weighted by molar-refractivity contribution is 0.278. The summed E-state index contributed by atoms with van der Waals surface area (Å²) in [4.78, 5) is 11.5. The number of hydrogen-bond acceptors (Lipinski definition) is 6. The van der Waals surface area contributed by atoms with Crippen molar-refractivity contribution >= 4 is 33.3 Å². The Balaban J connectivity index is 2.40. The van der Waals surface area contributed by atoms with Gasteiger partial charge in [-0.15, -0.1) is 11.3 Å².